The molecule has 1 saturated heterocycles. The summed E-state index contributed by atoms with van der Waals surface area (Å²) in [4.78, 5) is 12.0. The first-order valence-electron chi connectivity index (χ1n) is 8.62. The predicted molar refractivity (Wildman–Crippen MR) is 82.3 cm³/mol. The van der Waals surface area contributed by atoms with Crippen molar-refractivity contribution in [3.63, 3.8) is 0 Å². The van der Waals surface area contributed by atoms with E-state index in [1.54, 1.807) is 0 Å². The molecule has 0 aromatic rings. The van der Waals surface area contributed by atoms with E-state index in [0.29, 0.717) is 12.3 Å². The van der Waals surface area contributed by atoms with Crippen LogP contribution in [0.15, 0.2) is 0 Å². The quantitative estimate of drug-likeness (QED) is 0.454. The van der Waals surface area contributed by atoms with Gasteiger partial charge in [0.05, 0.1) is 6.61 Å². The van der Waals surface area contributed by atoms with Crippen LogP contribution < -0.4 is 5.32 Å². The molecule has 0 aromatic heterocycles. The predicted octanol–water partition coefficient (Wildman–Crippen LogP) is -0.347. The third kappa shape index (κ3) is 5.12. The van der Waals surface area contributed by atoms with Crippen molar-refractivity contribution < 1.29 is 30.0 Å². The molecule has 1 saturated carbocycles. The first-order valence-corrected chi connectivity index (χ1v) is 8.62. The zero-order valence-corrected chi connectivity index (χ0v) is 13.4. The van der Waals surface area contributed by atoms with Gasteiger partial charge in [0.2, 0.25) is 5.91 Å². The molecule has 0 spiro atoms. The van der Waals surface area contributed by atoms with Crippen LogP contribution in [-0.2, 0) is 9.53 Å². The van der Waals surface area contributed by atoms with Gasteiger partial charge in [-0.3, -0.25) is 4.79 Å². The van der Waals surface area contributed by atoms with E-state index >= 15 is 0 Å². The van der Waals surface area contributed by atoms with Gasteiger partial charge >= 0.3 is 0 Å². The number of rotatable bonds is 6. The minimum atomic E-state index is -1.46. The maximum Gasteiger partial charge on any atom is 0.222 e. The fourth-order valence-electron chi connectivity index (χ4n) is 3.48. The second-order valence-electron chi connectivity index (χ2n) is 6.71. The molecule has 1 amide bonds. The Bertz CT molecular complexity index is 372. The van der Waals surface area contributed by atoms with Crippen LogP contribution in [0.4, 0.5) is 0 Å². The van der Waals surface area contributed by atoms with Gasteiger partial charge in [-0.25, -0.2) is 0 Å². The molecule has 0 bridgehead atoms. The van der Waals surface area contributed by atoms with Gasteiger partial charge < -0.3 is 30.5 Å². The summed E-state index contributed by atoms with van der Waals surface area (Å²) >= 11 is 0. The summed E-state index contributed by atoms with van der Waals surface area (Å²) in [5.74, 6) is 0.453. The number of aliphatic hydroxyl groups is 4. The Morgan fingerprint density at radius 2 is 1.74 bits per heavy atom. The highest BCUT2D eigenvalue weighted by Crippen LogP contribution is 2.27. The highest BCUT2D eigenvalue weighted by atomic mass is 16.6. The summed E-state index contributed by atoms with van der Waals surface area (Å²) in [6, 6.07) is 0. The summed E-state index contributed by atoms with van der Waals surface area (Å²) in [6.45, 7) is -0.501. The Morgan fingerprint density at radius 1 is 1.04 bits per heavy atom. The van der Waals surface area contributed by atoms with Crippen LogP contribution in [0.3, 0.4) is 0 Å². The largest absolute Gasteiger partial charge is 0.394 e. The van der Waals surface area contributed by atoms with E-state index < -0.39 is 37.3 Å². The molecule has 1 aliphatic heterocycles. The number of ether oxygens (including phenoxy) is 1. The molecule has 0 aromatic carbocycles. The molecule has 0 unspecified atom stereocenters. The monoisotopic (exact) mass is 331 g/mol. The summed E-state index contributed by atoms with van der Waals surface area (Å²) in [5.41, 5.74) is 0. The zero-order valence-electron chi connectivity index (χ0n) is 13.4. The number of carbonyl (C=O) groups excluding carboxylic acids is 1. The standard InChI is InChI=1S/C16H29NO6/c18-9-11-13(20)14(21)15(22)16(23-11)17-12(19)8-4-7-10-5-2-1-3-6-10/h10-11,13-16,18,20-22H,1-9H2,(H,17,19)/t11-,13+,14+,15-,16-/m1/s1. The van der Waals surface area contributed by atoms with Crippen LogP contribution in [0.25, 0.3) is 0 Å². The molecule has 7 heteroatoms. The van der Waals surface area contributed by atoms with Crippen LogP contribution in [0.1, 0.15) is 51.4 Å². The van der Waals surface area contributed by atoms with Crippen molar-refractivity contribution in [2.24, 2.45) is 5.92 Å². The molecule has 5 atom stereocenters. The molecule has 1 aliphatic carbocycles. The van der Waals surface area contributed by atoms with Gasteiger partial charge in [-0.05, 0) is 18.8 Å². The lowest BCUT2D eigenvalue weighted by atomic mass is 9.86. The number of aliphatic hydroxyl groups excluding tert-OH is 4. The first-order chi connectivity index (χ1) is 11.0. The number of nitrogens with one attached hydrogen (secondary N) is 1. The van der Waals surface area contributed by atoms with Gasteiger partial charge in [-0.1, -0.05) is 32.1 Å². The zero-order chi connectivity index (χ0) is 16.8. The Kier molecular flexibility index (Phi) is 7.23. The first kappa shape index (κ1) is 18.6. The van der Waals surface area contributed by atoms with Crippen LogP contribution in [0, 0.1) is 5.92 Å². The summed E-state index contributed by atoms with van der Waals surface area (Å²) in [6.07, 6.45) is 2.11. The second-order valence-corrected chi connectivity index (χ2v) is 6.71. The second kappa shape index (κ2) is 8.94. The molecule has 2 aliphatic rings. The summed E-state index contributed by atoms with van der Waals surface area (Å²) in [5, 5.41) is 40.9. The molecule has 0 radical (unpaired) electrons. The maximum absolute atomic E-state index is 12.0. The molecule has 134 valence electrons. The third-order valence-electron chi connectivity index (χ3n) is 4.94. The number of amides is 1. The van der Waals surface area contributed by atoms with Crippen molar-refractivity contribution in [3.05, 3.63) is 0 Å². The van der Waals surface area contributed by atoms with Crippen LogP contribution in [0.5, 0.6) is 0 Å². The Hall–Kier alpha value is -0.730. The molecular formula is C16H29NO6. The van der Waals surface area contributed by atoms with Crippen molar-refractivity contribution in [1.29, 1.82) is 0 Å². The third-order valence-corrected chi connectivity index (χ3v) is 4.94. The van der Waals surface area contributed by atoms with Gasteiger partial charge in [0, 0.05) is 6.42 Å². The van der Waals surface area contributed by atoms with Gasteiger partial charge in [0.25, 0.3) is 0 Å². The highest BCUT2D eigenvalue weighted by molar-refractivity contribution is 5.76. The smallest absolute Gasteiger partial charge is 0.222 e. The molecule has 23 heavy (non-hydrogen) atoms. The van der Waals surface area contributed by atoms with Gasteiger partial charge in [-0.15, -0.1) is 0 Å². The molecule has 5 N–H and O–H groups in total. The topological polar surface area (TPSA) is 119 Å². The van der Waals surface area contributed by atoms with Gasteiger partial charge in [0.1, 0.15) is 24.4 Å². The average molecular weight is 331 g/mol. The van der Waals surface area contributed by atoms with Crippen molar-refractivity contribution in [3.8, 4) is 0 Å². The molecule has 2 rings (SSSR count). The normalized spacial score (nSPS) is 35.9. The lowest BCUT2D eigenvalue weighted by Gasteiger charge is -2.40. The van der Waals surface area contributed by atoms with Crippen molar-refractivity contribution in [2.45, 2.75) is 82.0 Å². The van der Waals surface area contributed by atoms with E-state index in [4.69, 9.17) is 9.84 Å². The van der Waals surface area contributed by atoms with Crippen molar-refractivity contribution >= 4 is 5.91 Å². The van der Waals surface area contributed by atoms with E-state index in [0.717, 1.165) is 12.8 Å². The lowest BCUT2D eigenvalue weighted by molar-refractivity contribution is -0.236. The van der Waals surface area contributed by atoms with E-state index in [-0.39, 0.29) is 5.91 Å². The van der Waals surface area contributed by atoms with Crippen LogP contribution in [-0.4, -0.2) is 63.6 Å². The van der Waals surface area contributed by atoms with Gasteiger partial charge in [-0.2, -0.15) is 0 Å². The molecule has 2 fully saturated rings. The van der Waals surface area contributed by atoms with Crippen molar-refractivity contribution in [2.75, 3.05) is 6.61 Å². The fraction of sp³-hybridized carbons (Fsp3) is 0.938. The summed E-state index contributed by atoms with van der Waals surface area (Å²) in [7, 11) is 0. The fourth-order valence-corrected chi connectivity index (χ4v) is 3.48. The minimum Gasteiger partial charge on any atom is -0.394 e. The van der Waals surface area contributed by atoms with Crippen LogP contribution >= 0.6 is 0 Å². The maximum atomic E-state index is 12.0. The number of carbonyl (C=O) groups is 1. The van der Waals surface area contributed by atoms with E-state index in [2.05, 4.69) is 5.32 Å². The Labute approximate surface area is 136 Å². The van der Waals surface area contributed by atoms with Crippen LogP contribution in [0.2, 0.25) is 0 Å². The van der Waals surface area contributed by atoms with E-state index in [1.807, 2.05) is 0 Å². The van der Waals surface area contributed by atoms with E-state index in [9.17, 15) is 20.1 Å². The molecular weight excluding hydrogens is 302 g/mol. The highest BCUT2D eigenvalue weighted by Gasteiger charge is 2.43. The minimum absolute atomic E-state index is 0.259. The Balaban J connectivity index is 1.73. The molecule has 1 heterocycles. The SMILES string of the molecule is O=C(CCCC1CCCCC1)N[C@@H]1O[C@H](CO)[C@H](O)[C@H](O)[C@H]1O. The van der Waals surface area contributed by atoms with Gasteiger partial charge in [0.15, 0.2) is 6.23 Å². The van der Waals surface area contributed by atoms with E-state index in [1.165, 1.54) is 32.1 Å². The lowest BCUT2D eigenvalue weighted by Crippen LogP contribution is -2.63. The Morgan fingerprint density at radius 3 is 2.39 bits per heavy atom. The van der Waals surface area contributed by atoms with Crippen molar-refractivity contribution in [1.82, 2.24) is 5.32 Å². The molecule has 7 nitrogen and oxygen atoms in total. The number of hydrogen-bond acceptors (Lipinski definition) is 6. The average Bonchev–Trinajstić information content (AvgIpc) is 2.56. The summed E-state index contributed by atoms with van der Waals surface area (Å²) < 4.78 is 5.26. The number of hydrogen-bond donors (Lipinski definition) is 5.